The zero-order valence-electron chi connectivity index (χ0n) is 17.8. The van der Waals surface area contributed by atoms with Gasteiger partial charge >= 0.3 is 0 Å². The molecule has 0 saturated carbocycles. The van der Waals surface area contributed by atoms with Gasteiger partial charge in [-0.1, -0.05) is 11.6 Å². The molecule has 3 rings (SSSR count). The van der Waals surface area contributed by atoms with E-state index in [0.717, 1.165) is 22.8 Å². The molecule has 1 atom stereocenters. The van der Waals surface area contributed by atoms with E-state index >= 15 is 0 Å². The highest BCUT2D eigenvalue weighted by Crippen LogP contribution is 2.26. The van der Waals surface area contributed by atoms with Crippen LogP contribution in [0.4, 0.5) is 13.2 Å². The van der Waals surface area contributed by atoms with Gasteiger partial charge in [-0.3, -0.25) is 14.2 Å². The van der Waals surface area contributed by atoms with E-state index in [2.05, 4.69) is 5.32 Å². The van der Waals surface area contributed by atoms with Crippen molar-refractivity contribution in [1.29, 1.82) is 0 Å². The van der Waals surface area contributed by atoms with Gasteiger partial charge in [0.25, 0.3) is 11.5 Å². The second-order valence-electron chi connectivity index (χ2n) is 7.34. The molecule has 0 radical (unpaired) electrons. The normalized spacial score (nSPS) is 11.9. The third kappa shape index (κ3) is 5.58. The number of ether oxygens (including phenoxy) is 1. The minimum Gasteiger partial charge on any atom is -0.487 e. The van der Waals surface area contributed by atoms with E-state index in [1.54, 1.807) is 0 Å². The molecule has 1 amide bonds. The molecule has 3 N–H and O–H groups in total. The fraction of sp³-hybridized carbons (Fsp3) is 0.217. The van der Waals surface area contributed by atoms with Gasteiger partial charge in [-0.25, -0.2) is 13.2 Å². The third-order valence-electron chi connectivity index (χ3n) is 4.86. The zero-order valence-corrected chi connectivity index (χ0v) is 18.6. The van der Waals surface area contributed by atoms with Gasteiger partial charge in [0.15, 0.2) is 0 Å². The standard InChI is InChI=1S/C23H20ClF3N2O5/c1-12-6-20(34-11-14-2-4-15(25)8-18(14)27)21(24)23(33)29(12)19-7-13(3-5-17(19)26)22(32)28-9-16(31)10-30/h2-8,16,30-31H,9-11H2,1H3,(H,28,32). The molecule has 0 fully saturated rings. The molecule has 3 aromatic rings. The number of halogens is 4. The van der Waals surface area contributed by atoms with Crippen molar-refractivity contribution in [3.05, 3.63) is 92.1 Å². The number of carbonyl (C=O) groups is 1. The van der Waals surface area contributed by atoms with E-state index in [0.29, 0.717) is 6.07 Å². The molecule has 1 aromatic heterocycles. The number of benzene rings is 2. The van der Waals surface area contributed by atoms with Gasteiger partial charge in [0, 0.05) is 35.5 Å². The van der Waals surface area contributed by atoms with Gasteiger partial charge < -0.3 is 20.3 Å². The summed E-state index contributed by atoms with van der Waals surface area (Å²) >= 11 is 6.14. The van der Waals surface area contributed by atoms with Crippen LogP contribution in [0.5, 0.6) is 5.75 Å². The second kappa shape index (κ2) is 10.7. The first-order chi connectivity index (χ1) is 16.1. The van der Waals surface area contributed by atoms with Crippen LogP contribution in [-0.4, -0.2) is 39.9 Å². The largest absolute Gasteiger partial charge is 0.487 e. The number of aromatic nitrogens is 1. The van der Waals surface area contributed by atoms with Crippen LogP contribution in [0.25, 0.3) is 5.69 Å². The summed E-state index contributed by atoms with van der Waals surface area (Å²) in [7, 11) is 0. The number of hydrogen-bond donors (Lipinski definition) is 3. The summed E-state index contributed by atoms with van der Waals surface area (Å²) in [4.78, 5) is 25.2. The third-order valence-corrected chi connectivity index (χ3v) is 5.20. The SMILES string of the molecule is Cc1cc(OCc2ccc(F)cc2F)c(Cl)c(=O)n1-c1cc(C(=O)NCC(O)CO)ccc1F. The van der Waals surface area contributed by atoms with Gasteiger partial charge in [0.05, 0.1) is 18.4 Å². The number of nitrogens with zero attached hydrogens (tertiary/aromatic N) is 1. The van der Waals surface area contributed by atoms with Crippen molar-refractivity contribution in [1.82, 2.24) is 9.88 Å². The van der Waals surface area contributed by atoms with Crippen LogP contribution >= 0.6 is 11.6 Å². The van der Waals surface area contributed by atoms with Crippen LogP contribution in [0.1, 0.15) is 21.6 Å². The highest BCUT2D eigenvalue weighted by Gasteiger charge is 2.19. The lowest BCUT2D eigenvalue weighted by Gasteiger charge is -2.16. The number of carbonyl (C=O) groups excluding carboxylic acids is 1. The van der Waals surface area contributed by atoms with Gasteiger partial charge in [-0.2, -0.15) is 0 Å². The molecule has 1 unspecified atom stereocenters. The van der Waals surface area contributed by atoms with Crippen molar-refractivity contribution in [3.63, 3.8) is 0 Å². The quantitative estimate of drug-likeness (QED) is 0.445. The Kier molecular flexibility index (Phi) is 7.98. The van der Waals surface area contributed by atoms with Crippen molar-refractivity contribution >= 4 is 17.5 Å². The van der Waals surface area contributed by atoms with Crippen LogP contribution < -0.4 is 15.6 Å². The van der Waals surface area contributed by atoms with Crippen molar-refractivity contribution in [2.75, 3.05) is 13.2 Å². The van der Waals surface area contributed by atoms with Crippen LogP contribution in [0.15, 0.2) is 47.3 Å². The first kappa shape index (κ1) is 25.3. The maximum atomic E-state index is 14.6. The fourth-order valence-electron chi connectivity index (χ4n) is 3.08. The van der Waals surface area contributed by atoms with Crippen LogP contribution in [0.3, 0.4) is 0 Å². The Morgan fingerprint density at radius 3 is 2.56 bits per heavy atom. The topological polar surface area (TPSA) is 101 Å². The maximum absolute atomic E-state index is 14.6. The first-order valence-electron chi connectivity index (χ1n) is 9.98. The Morgan fingerprint density at radius 2 is 1.88 bits per heavy atom. The summed E-state index contributed by atoms with van der Waals surface area (Å²) in [6.07, 6.45) is -1.16. The Bertz CT molecular complexity index is 1280. The van der Waals surface area contributed by atoms with E-state index in [-0.39, 0.29) is 41.4 Å². The summed E-state index contributed by atoms with van der Waals surface area (Å²) < 4.78 is 47.9. The van der Waals surface area contributed by atoms with E-state index < -0.39 is 46.7 Å². The number of aliphatic hydroxyl groups is 2. The molecule has 0 aliphatic rings. The molecule has 180 valence electrons. The van der Waals surface area contributed by atoms with Gasteiger partial charge in [-0.05, 0) is 37.3 Å². The molecule has 34 heavy (non-hydrogen) atoms. The molecule has 0 bridgehead atoms. The predicted octanol–water partition coefficient (Wildman–Crippen LogP) is 2.88. The van der Waals surface area contributed by atoms with Crippen molar-refractivity contribution in [2.45, 2.75) is 19.6 Å². The molecule has 0 aliphatic carbocycles. The Morgan fingerprint density at radius 1 is 1.15 bits per heavy atom. The Labute approximate surface area is 197 Å². The van der Waals surface area contributed by atoms with Crippen LogP contribution in [0.2, 0.25) is 5.02 Å². The molecule has 7 nitrogen and oxygen atoms in total. The summed E-state index contributed by atoms with van der Waals surface area (Å²) in [6, 6.07) is 7.61. The molecule has 0 spiro atoms. The summed E-state index contributed by atoms with van der Waals surface area (Å²) in [6.45, 7) is 0.364. The highest BCUT2D eigenvalue weighted by atomic mass is 35.5. The van der Waals surface area contributed by atoms with Gasteiger partial charge in [0.2, 0.25) is 0 Å². The number of amides is 1. The second-order valence-corrected chi connectivity index (χ2v) is 7.72. The summed E-state index contributed by atoms with van der Waals surface area (Å²) in [5.41, 5.74) is -0.859. The smallest absolute Gasteiger partial charge is 0.277 e. The van der Waals surface area contributed by atoms with Crippen molar-refractivity contribution in [2.24, 2.45) is 0 Å². The van der Waals surface area contributed by atoms with Gasteiger partial charge in [0.1, 0.15) is 34.8 Å². The minimum absolute atomic E-state index is 0.00364. The molecule has 1 heterocycles. The lowest BCUT2D eigenvalue weighted by Crippen LogP contribution is -2.34. The van der Waals surface area contributed by atoms with Crippen molar-refractivity contribution in [3.8, 4) is 11.4 Å². The fourth-order valence-corrected chi connectivity index (χ4v) is 3.28. The monoisotopic (exact) mass is 496 g/mol. The van der Waals surface area contributed by atoms with E-state index in [1.807, 2.05) is 0 Å². The molecular formula is C23H20ClF3N2O5. The van der Waals surface area contributed by atoms with Crippen LogP contribution in [-0.2, 0) is 6.61 Å². The Hall–Kier alpha value is -3.34. The van der Waals surface area contributed by atoms with Crippen LogP contribution in [0, 0.1) is 24.4 Å². The molecule has 0 aliphatic heterocycles. The lowest BCUT2D eigenvalue weighted by atomic mass is 10.1. The number of rotatable bonds is 8. The van der Waals surface area contributed by atoms with Crippen molar-refractivity contribution < 1.29 is 32.9 Å². The molecular weight excluding hydrogens is 477 g/mol. The van der Waals surface area contributed by atoms with E-state index in [9.17, 15) is 27.9 Å². The average molecular weight is 497 g/mol. The van der Waals surface area contributed by atoms with E-state index in [4.69, 9.17) is 21.4 Å². The van der Waals surface area contributed by atoms with E-state index in [1.165, 1.54) is 25.1 Å². The maximum Gasteiger partial charge on any atom is 0.277 e. The molecule has 11 heteroatoms. The molecule has 0 saturated heterocycles. The number of hydrogen-bond acceptors (Lipinski definition) is 5. The number of pyridine rings is 1. The number of aryl methyl sites for hydroxylation is 1. The lowest BCUT2D eigenvalue weighted by molar-refractivity contribution is 0.0802. The first-order valence-corrected chi connectivity index (χ1v) is 10.4. The number of nitrogens with one attached hydrogen (secondary N) is 1. The van der Waals surface area contributed by atoms with Gasteiger partial charge in [-0.15, -0.1) is 0 Å². The Balaban J connectivity index is 1.91. The molecule has 2 aromatic carbocycles. The minimum atomic E-state index is -1.16. The highest BCUT2D eigenvalue weighted by molar-refractivity contribution is 6.31. The zero-order chi connectivity index (χ0) is 25.0. The summed E-state index contributed by atoms with van der Waals surface area (Å²) in [5.74, 6) is -3.14. The average Bonchev–Trinajstić information content (AvgIpc) is 2.80. The number of aliphatic hydroxyl groups excluding tert-OH is 2. The predicted molar refractivity (Wildman–Crippen MR) is 118 cm³/mol. The summed E-state index contributed by atoms with van der Waals surface area (Å²) in [5, 5.41) is 20.2.